The highest BCUT2D eigenvalue weighted by Crippen LogP contribution is 2.42. The molecule has 2 fully saturated rings. The molecule has 2 saturated heterocycles. The van der Waals surface area contributed by atoms with E-state index in [4.69, 9.17) is 70.7 Å². The third-order valence-electron chi connectivity index (χ3n) is 9.90. The first-order chi connectivity index (χ1) is 33.4. The Hall–Kier alpha value is -7.64. The number of hydrogen-bond donors (Lipinski definition) is 0. The molecule has 0 N–H and O–H groups in total. The summed E-state index contributed by atoms with van der Waals surface area (Å²) in [5.74, 6) is -10.5. The molecule has 2 aliphatic rings. The summed E-state index contributed by atoms with van der Waals surface area (Å²) in [6, 6.07) is 6.04. The Morgan fingerprint density at radius 1 is 0.535 bits per heavy atom. The van der Waals surface area contributed by atoms with Crippen LogP contribution in [0.3, 0.4) is 0 Å². The predicted octanol–water partition coefficient (Wildman–Crippen LogP) is 2.70. The summed E-state index contributed by atoms with van der Waals surface area (Å²) in [7, 11) is 1.28. The number of carbonyl (C=O) groups is 9. The summed E-state index contributed by atoms with van der Waals surface area (Å²) in [5, 5.41) is -0.435. The highest BCUT2D eigenvalue weighted by Gasteiger charge is 2.57. The number of carbonyl (C=O) groups excluding carboxylic acids is 9. The van der Waals surface area contributed by atoms with Crippen LogP contribution in [0.2, 0.25) is 0 Å². The van der Waals surface area contributed by atoms with Crippen LogP contribution in [-0.4, -0.2) is 129 Å². The SMILES string of the molecule is COc1cc(OC(C)=O)c2c(=O)c(O[C@@H]3O[C@H](COC(C)=O)C(OC(C)=O)[C@H](OC(C)=O)C3O[C@@H]3OC(C)[C@H](OC(C)=O)C(OC(C)=O)C3OC(C)=O)c(-c3ccc(OC(C)=O)c(OC(C)=O)c3)oc2c1. The number of benzene rings is 2. The van der Waals surface area contributed by atoms with Gasteiger partial charge in [-0.3, -0.25) is 47.9 Å². The smallest absolute Gasteiger partial charge is 0.308 e. The largest absolute Gasteiger partial charge is 0.496 e. The van der Waals surface area contributed by atoms with Crippen LogP contribution in [-0.2, 0) is 85.8 Å². The van der Waals surface area contributed by atoms with Gasteiger partial charge in [-0.15, -0.1) is 0 Å². The van der Waals surface area contributed by atoms with Crippen LogP contribution >= 0.6 is 0 Å². The summed E-state index contributed by atoms with van der Waals surface area (Å²) < 4.78 is 86.2. The Morgan fingerprint density at radius 3 is 1.61 bits per heavy atom. The van der Waals surface area contributed by atoms with E-state index in [0.717, 1.165) is 68.4 Å². The molecule has 25 nitrogen and oxygen atoms in total. The lowest BCUT2D eigenvalue weighted by molar-refractivity contribution is -0.356. The Kier molecular flexibility index (Phi) is 17.8. The van der Waals surface area contributed by atoms with Gasteiger partial charge in [-0.25, -0.2) is 0 Å². The molecule has 0 amide bonds. The van der Waals surface area contributed by atoms with E-state index in [2.05, 4.69) is 0 Å². The number of hydrogen-bond acceptors (Lipinski definition) is 25. The van der Waals surface area contributed by atoms with Crippen molar-refractivity contribution in [1.82, 2.24) is 0 Å². The van der Waals surface area contributed by atoms with Crippen LogP contribution in [0.1, 0.15) is 69.2 Å². The van der Waals surface area contributed by atoms with Gasteiger partial charge >= 0.3 is 53.7 Å². The highest BCUT2D eigenvalue weighted by atomic mass is 16.8. The summed E-state index contributed by atoms with van der Waals surface area (Å²) >= 11 is 0. The Labute approximate surface area is 402 Å². The quantitative estimate of drug-likeness (QED) is 0.113. The van der Waals surface area contributed by atoms with Gasteiger partial charge in [0.25, 0.3) is 0 Å². The van der Waals surface area contributed by atoms with Crippen LogP contribution in [0.15, 0.2) is 39.5 Å². The maximum atomic E-state index is 15.2. The number of fused-ring (bicyclic) bond motifs is 1. The monoisotopic (exact) mass is 1000 g/mol. The van der Waals surface area contributed by atoms with Gasteiger partial charge in [-0.2, -0.15) is 0 Å². The standard InChI is InChI=1S/C46H50O25/c1-18-37(63-23(6)51)41(65-25(8)53)43(67-27(10)55)45(59-18)71-44-42(66-26(9)54)39(64-24(7)52)34(17-58-19(2)47)69-46(44)70-40-36(56)35-32(62-22(5)50)15-29(57-11)16-33(35)68-38(40)28-12-13-30(60-20(3)48)31(14-28)61-21(4)49/h12-16,18,34,37,39,41-46H,17H2,1-11H3/t18?,34-,37+,39?,41?,42+,43?,44?,45+,46+/m1/s1. The fourth-order valence-electron chi connectivity index (χ4n) is 7.48. The Balaban J connectivity index is 1.85. The van der Waals surface area contributed by atoms with Gasteiger partial charge in [0.05, 0.1) is 13.2 Å². The second-order valence-corrected chi connectivity index (χ2v) is 15.7. The zero-order valence-corrected chi connectivity index (χ0v) is 40.1. The molecule has 384 valence electrons. The lowest BCUT2D eigenvalue weighted by atomic mass is 9.96. The maximum absolute atomic E-state index is 15.2. The molecule has 3 aromatic rings. The third-order valence-corrected chi connectivity index (χ3v) is 9.90. The second-order valence-electron chi connectivity index (χ2n) is 15.7. The molecule has 1 aromatic heterocycles. The molecule has 5 rings (SSSR count). The maximum Gasteiger partial charge on any atom is 0.308 e. The van der Waals surface area contributed by atoms with Crippen LogP contribution in [0.5, 0.6) is 28.7 Å². The average Bonchev–Trinajstić information content (AvgIpc) is 3.24. The first-order valence-electron chi connectivity index (χ1n) is 21.4. The fraction of sp³-hybridized carbons (Fsp3) is 0.478. The average molecular weight is 1000 g/mol. The summed E-state index contributed by atoms with van der Waals surface area (Å²) in [5.41, 5.74) is -1.51. The number of esters is 9. The van der Waals surface area contributed by atoms with Crippen molar-refractivity contribution in [2.75, 3.05) is 13.7 Å². The third kappa shape index (κ3) is 13.8. The molecule has 2 aromatic carbocycles. The molecule has 0 aliphatic carbocycles. The zero-order chi connectivity index (χ0) is 52.6. The summed E-state index contributed by atoms with van der Waals surface area (Å²) in [6.07, 6.45) is -17.5. The van der Waals surface area contributed by atoms with Gasteiger partial charge in [0, 0.05) is 80.0 Å². The first kappa shape index (κ1) is 54.3. The molecule has 5 unspecified atom stereocenters. The molecule has 2 aliphatic heterocycles. The number of rotatable bonds is 16. The van der Waals surface area contributed by atoms with Crippen LogP contribution in [0.4, 0.5) is 0 Å². The molecule has 0 spiro atoms. The van der Waals surface area contributed by atoms with E-state index >= 15 is 4.79 Å². The van der Waals surface area contributed by atoms with Crippen molar-refractivity contribution >= 4 is 64.7 Å². The summed E-state index contributed by atoms with van der Waals surface area (Å²) in [4.78, 5) is 127. The Bertz CT molecular complexity index is 2630. The molecule has 0 radical (unpaired) electrons. The minimum atomic E-state index is -2.15. The zero-order valence-electron chi connectivity index (χ0n) is 40.1. The Morgan fingerprint density at radius 2 is 1.06 bits per heavy atom. The van der Waals surface area contributed by atoms with E-state index in [1.165, 1.54) is 38.3 Å². The number of ether oxygens (including phenoxy) is 14. The van der Waals surface area contributed by atoms with Gasteiger partial charge in [0.15, 0.2) is 60.2 Å². The van der Waals surface area contributed by atoms with E-state index in [1.807, 2.05) is 0 Å². The lowest BCUT2D eigenvalue weighted by Gasteiger charge is -2.48. The minimum Gasteiger partial charge on any atom is -0.496 e. The molecule has 71 heavy (non-hydrogen) atoms. The molecule has 25 heteroatoms. The van der Waals surface area contributed by atoms with E-state index in [-0.39, 0.29) is 28.4 Å². The molecule has 3 heterocycles. The van der Waals surface area contributed by atoms with Crippen molar-refractivity contribution in [2.45, 2.75) is 131 Å². The molecular formula is C46H50O25. The van der Waals surface area contributed by atoms with E-state index in [0.29, 0.717) is 0 Å². The second kappa shape index (κ2) is 23.3. The van der Waals surface area contributed by atoms with Crippen molar-refractivity contribution in [1.29, 1.82) is 0 Å². The molecular weight excluding hydrogens is 952 g/mol. The van der Waals surface area contributed by atoms with Crippen molar-refractivity contribution in [3.8, 4) is 40.1 Å². The van der Waals surface area contributed by atoms with Gasteiger partial charge in [-0.05, 0) is 25.1 Å². The summed E-state index contributed by atoms with van der Waals surface area (Å²) in [6.45, 7) is 9.91. The first-order valence-corrected chi connectivity index (χ1v) is 21.4. The van der Waals surface area contributed by atoms with Crippen LogP contribution in [0.25, 0.3) is 22.3 Å². The van der Waals surface area contributed by atoms with E-state index in [9.17, 15) is 43.2 Å². The number of methoxy groups -OCH3 is 1. The topological polar surface area (TPSA) is 313 Å². The van der Waals surface area contributed by atoms with Gasteiger partial charge in [0.2, 0.25) is 17.5 Å². The van der Waals surface area contributed by atoms with Crippen LogP contribution in [0, 0.1) is 0 Å². The molecule has 10 atom stereocenters. The van der Waals surface area contributed by atoms with Crippen molar-refractivity contribution in [3.63, 3.8) is 0 Å². The van der Waals surface area contributed by atoms with E-state index in [1.54, 1.807) is 0 Å². The highest BCUT2D eigenvalue weighted by molar-refractivity contribution is 5.91. The minimum absolute atomic E-state index is 0.0347. The van der Waals surface area contributed by atoms with Gasteiger partial charge in [0.1, 0.15) is 35.2 Å². The van der Waals surface area contributed by atoms with E-state index < -0.39 is 150 Å². The molecule has 0 saturated carbocycles. The fourth-order valence-corrected chi connectivity index (χ4v) is 7.48. The normalized spacial score (nSPS) is 23.7. The predicted molar refractivity (Wildman–Crippen MR) is 231 cm³/mol. The molecule has 0 bridgehead atoms. The van der Waals surface area contributed by atoms with Crippen molar-refractivity contribution in [3.05, 3.63) is 40.6 Å². The van der Waals surface area contributed by atoms with Gasteiger partial charge in [-0.1, -0.05) is 0 Å². The van der Waals surface area contributed by atoms with Gasteiger partial charge < -0.3 is 70.7 Å². The van der Waals surface area contributed by atoms with Crippen molar-refractivity contribution in [2.24, 2.45) is 0 Å². The van der Waals surface area contributed by atoms with Crippen molar-refractivity contribution < 1.29 is 114 Å². The lowest BCUT2D eigenvalue weighted by Crippen LogP contribution is -2.67. The van der Waals surface area contributed by atoms with Crippen LogP contribution < -0.4 is 29.1 Å².